The molecule has 0 aliphatic rings. The van der Waals surface area contributed by atoms with Crippen LogP contribution in [0.3, 0.4) is 0 Å². The van der Waals surface area contributed by atoms with Gasteiger partial charge in [-0.05, 0) is 42.7 Å². The molecule has 0 radical (unpaired) electrons. The fraction of sp³-hybridized carbons (Fsp3) is 0.455. The van der Waals surface area contributed by atoms with Gasteiger partial charge in [-0.2, -0.15) is 0 Å². The summed E-state index contributed by atoms with van der Waals surface area (Å²) in [6.07, 6.45) is 14.5. The summed E-state index contributed by atoms with van der Waals surface area (Å²) in [4.78, 5) is 25.9. The van der Waals surface area contributed by atoms with Crippen LogP contribution in [0.25, 0.3) is 17.0 Å². The zero-order chi connectivity index (χ0) is 27.9. The van der Waals surface area contributed by atoms with Gasteiger partial charge in [0.1, 0.15) is 0 Å². The number of pyridine rings is 1. The van der Waals surface area contributed by atoms with E-state index in [0.29, 0.717) is 30.2 Å². The van der Waals surface area contributed by atoms with Gasteiger partial charge in [-0.25, -0.2) is 0 Å². The average Bonchev–Trinajstić information content (AvgIpc) is 2.95. The smallest absolute Gasteiger partial charge is 0.297 e. The summed E-state index contributed by atoms with van der Waals surface area (Å²) in [6, 6.07) is 15.2. The fourth-order valence-corrected chi connectivity index (χ4v) is 4.51. The van der Waals surface area contributed by atoms with Crippen molar-refractivity contribution in [1.82, 2.24) is 4.57 Å². The predicted molar refractivity (Wildman–Crippen MR) is 162 cm³/mol. The van der Waals surface area contributed by atoms with Gasteiger partial charge in [-0.1, -0.05) is 95.5 Å². The predicted octanol–water partition coefficient (Wildman–Crippen LogP) is 7.89. The summed E-state index contributed by atoms with van der Waals surface area (Å²) in [5.41, 5.74) is 2.00. The number of hydrogen-bond acceptors (Lipinski definition) is 4. The highest BCUT2D eigenvalue weighted by Crippen LogP contribution is 2.34. The molecular formula is C33H44N2O4. The van der Waals surface area contributed by atoms with Crippen LogP contribution in [-0.4, -0.2) is 23.7 Å². The van der Waals surface area contributed by atoms with E-state index in [9.17, 15) is 9.59 Å². The molecule has 2 aromatic carbocycles. The molecule has 0 saturated carbocycles. The van der Waals surface area contributed by atoms with Crippen LogP contribution in [0.5, 0.6) is 11.5 Å². The summed E-state index contributed by atoms with van der Waals surface area (Å²) in [5.74, 6) is 0.531. The molecule has 0 fully saturated rings. The number of nitrogens with one attached hydrogen (secondary N) is 1. The minimum Gasteiger partial charge on any atom is -0.489 e. The standard InChI is InChI=1S/C33H44N2O4/c1-4-6-8-10-11-16-24-39-32-31(38-23-15-9-7-5-2)28-21-20-27(25-29(28)35(3)33(32)37)34-30(36)22-19-26-17-13-12-14-18-26/h12-14,17-22,25H,4-11,15-16,23-24H2,1-3H3,(H,34,36)/b22-19+. The van der Waals surface area contributed by atoms with Gasteiger partial charge >= 0.3 is 0 Å². The molecule has 1 heterocycles. The molecule has 0 bridgehead atoms. The van der Waals surface area contributed by atoms with E-state index in [1.54, 1.807) is 17.7 Å². The van der Waals surface area contributed by atoms with Gasteiger partial charge in [0, 0.05) is 24.2 Å². The van der Waals surface area contributed by atoms with Gasteiger partial charge in [-0.3, -0.25) is 9.59 Å². The van der Waals surface area contributed by atoms with E-state index in [1.165, 1.54) is 31.8 Å². The molecule has 210 valence electrons. The largest absolute Gasteiger partial charge is 0.489 e. The van der Waals surface area contributed by atoms with Crippen molar-refractivity contribution in [3.63, 3.8) is 0 Å². The molecule has 0 saturated heterocycles. The summed E-state index contributed by atoms with van der Waals surface area (Å²) < 4.78 is 13.9. The molecule has 0 aliphatic heterocycles. The topological polar surface area (TPSA) is 69.6 Å². The van der Waals surface area contributed by atoms with Crippen LogP contribution in [0.2, 0.25) is 0 Å². The molecule has 3 rings (SSSR count). The van der Waals surface area contributed by atoms with Crippen molar-refractivity contribution in [2.45, 2.75) is 78.1 Å². The maximum atomic E-state index is 13.4. The first kappa shape index (κ1) is 30.0. The first-order chi connectivity index (χ1) is 19.0. The number of amides is 1. The molecule has 1 amide bonds. The number of carbonyl (C=O) groups excluding carboxylic acids is 1. The Hall–Kier alpha value is -3.54. The van der Waals surface area contributed by atoms with E-state index in [-0.39, 0.29) is 17.2 Å². The third-order valence-corrected chi connectivity index (χ3v) is 6.79. The molecule has 1 aromatic heterocycles. The van der Waals surface area contributed by atoms with Crippen LogP contribution in [-0.2, 0) is 11.8 Å². The SMILES string of the molecule is CCCCCCCCOc1c(OCCCCCC)c2ccc(NC(=O)/C=C/c3ccccc3)cc2n(C)c1=O. The van der Waals surface area contributed by atoms with Gasteiger partial charge in [-0.15, -0.1) is 0 Å². The fourth-order valence-electron chi connectivity index (χ4n) is 4.51. The Morgan fingerprint density at radius 3 is 2.13 bits per heavy atom. The van der Waals surface area contributed by atoms with Crippen LogP contribution in [0.1, 0.15) is 83.6 Å². The van der Waals surface area contributed by atoms with Crippen molar-refractivity contribution >= 4 is 28.6 Å². The number of aromatic nitrogens is 1. The third-order valence-electron chi connectivity index (χ3n) is 6.79. The normalized spacial score (nSPS) is 11.3. The number of hydrogen-bond donors (Lipinski definition) is 1. The number of carbonyl (C=O) groups is 1. The number of rotatable bonds is 17. The lowest BCUT2D eigenvalue weighted by molar-refractivity contribution is -0.111. The summed E-state index contributed by atoms with van der Waals surface area (Å²) in [7, 11) is 1.73. The molecular weight excluding hydrogens is 488 g/mol. The van der Waals surface area contributed by atoms with Crippen LogP contribution >= 0.6 is 0 Å². The Bertz CT molecular complexity index is 1260. The summed E-state index contributed by atoms with van der Waals surface area (Å²) >= 11 is 0. The van der Waals surface area contributed by atoms with Crippen molar-refractivity contribution in [3.05, 3.63) is 70.5 Å². The third kappa shape index (κ3) is 9.31. The second-order valence-corrected chi connectivity index (χ2v) is 10.0. The minimum atomic E-state index is -0.241. The van der Waals surface area contributed by atoms with Crippen molar-refractivity contribution in [2.75, 3.05) is 18.5 Å². The van der Waals surface area contributed by atoms with Gasteiger partial charge in [0.2, 0.25) is 11.7 Å². The Kier molecular flexibility index (Phi) is 12.6. The highest BCUT2D eigenvalue weighted by atomic mass is 16.5. The van der Waals surface area contributed by atoms with E-state index in [2.05, 4.69) is 19.2 Å². The number of ether oxygens (including phenoxy) is 2. The number of anilines is 1. The number of benzene rings is 2. The lowest BCUT2D eigenvalue weighted by Crippen LogP contribution is -2.22. The van der Waals surface area contributed by atoms with Crippen LogP contribution in [0.4, 0.5) is 5.69 Å². The van der Waals surface area contributed by atoms with Crippen LogP contribution < -0.4 is 20.3 Å². The first-order valence-electron chi connectivity index (χ1n) is 14.5. The monoisotopic (exact) mass is 532 g/mol. The van der Waals surface area contributed by atoms with E-state index in [4.69, 9.17) is 9.47 Å². The highest BCUT2D eigenvalue weighted by molar-refractivity contribution is 6.03. The number of fused-ring (bicyclic) bond motifs is 1. The zero-order valence-electron chi connectivity index (χ0n) is 23.8. The Balaban J connectivity index is 1.80. The van der Waals surface area contributed by atoms with Gasteiger partial charge < -0.3 is 19.4 Å². The Morgan fingerprint density at radius 1 is 0.821 bits per heavy atom. The van der Waals surface area contributed by atoms with Crippen LogP contribution in [0, 0.1) is 0 Å². The van der Waals surface area contributed by atoms with Gasteiger partial charge in [0.15, 0.2) is 5.75 Å². The second kappa shape index (κ2) is 16.4. The zero-order valence-corrected chi connectivity index (χ0v) is 23.8. The maximum absolute atomic E-state index is 13.4. The van der Waals surface area contributed by atoms with Crippen molar-refractivity contribution in [2.24, 2.45) is 7.05 Å². The maximum Gasteiger partial charge on any atom is 0.297 e. The summed E-state index contributed by atoms with van der Waals surface area (Å²) in [6.45, 7) is 5.40. The van der Waals surface area contributed by atoms with Crippen molar-refractivity contribution in [1.29, 1.82) is 0 Å². The molecule has 3 aromatic rings. The number of aryl methyl sites for hydroxylation is 1. The van der Waals surface area contributed by atoms with Crippen molar-refractivity contribution in [3.8, 4) is 11.5 Å². The molecule has 0 aliphatic carbocycles. The molecule has 0 spiro atoms. The quantitative estimate of drug-likeness (QED) is 0.142. The molecule has 0 atom stereocenters. The number of unbranched alkanes of at least 4 members (excludes halogenated alkanes) is 8. The molecule has 0 unspecified atom stereocenters. The van der Waals surface area contributed by atoms with Gasteiger partial charge in [0.05, 0.1) is 18.7 Å². The molecule has 6 heteroatoms. The van der Waals surface area contributed by atoms with E-state index >= 15 is 0 Å². The second-order valence-electron chi connectivity index (χ2n) is 10.0. The summed E-state index contributed by atoms with van der Waals surface area (Å²) in [5, 5.41) is 3.70. The minimum absolute atomic E-state index is 0.232. The Morgan fingerprint density at radius 2 is 1.44 bits per heavy atom. The van der Waals surface area contributed by atoms with E-state index in [0.717, 1.165) is 49.5 Å². The first-order valence-corrected chi connectivity index (χ1v) is 14.5. The lowest BCUT2D eigenvalue weighted by Gasteiger charge is -2.18. The number of nitrogens with zero attached hydrogens (tertiary/aromatic N) is 1. The Labute approximate surface area is 233 Å². The average molecular weight is 533 g/mol. The highest BCUT2D eigenvalue weighted by Gasteiger charge is 2.19. The van der Waals surface area contributed by atoms with E-state index < -0.39 is 0 Å². The molecule has 6 nitrogen and oxygen atoms in total. The lowest BCUT2D eigenvalue weighted by atomic mass is 10.1. The van der Waals surface area contributed by atoms with Crippen LogP contribution in [0.15, 0.2) is 59.4 Å². The molecule has 39 heavy (non-hydrogen) atoms. The van der Waals surface area contributed by atoms with Gasteiger partial charge in [0.25, 0.3) is 5.56 Å². The van der Waals surface area contributed by atoms with E-state index in [1.807, 2.05) is 48.5 Å². The molecule has 1 N–H and O–H groups in total. The van der Waals surface area contributed by atoms with Crippen molar-refractivity contribution < 1.29 is 14.3 Å².